The lowest BCUT2D eigenvalue weighted by Crippen LogP contribution is -2.32. The first-order chi connectivity index (χ1) is 8.26. The van der Waals surface area contributed by atoms with Gasteiger partial charge in [0, 0.05) is 18.8 Å². The molecule has 0 bridgehead atoms. The van der Waals surface area contributed by atoms with Gasteiger partial charge in [-0.25, -0.2) is 0 Å². The molecule has 0 radical (unpaired) electrons. The van der Waals surface area contributed by atoms with E-state index >= 15 is 0 Å². The number of benzene rings is 1. The predicted octanol–water partition coefficient (Wildman–Crippen LogP) is 1.74. The van der Waals surface area contributed by atoms with Gasteiger partial charge in [0.15, 0.2) is 0 Å². The maximum absolute atomic E-state index is 5.65. The third-order valence-corrected chi connectivity index (χ3v) is 3.07. The van der Waals surface area contributed by atoms with E-state index in [-0.39, 0.29) is 0 Å². The van der Waals surface area contributed by atoms with Gasteiger partial charge < -0.3 is 16.0 Å². The van der Waals surface area contributed by atoms with E-state index in [1.807, 2.05) is 12.1 Å². The topological polar surface area (TPSA) is 41.3 Å². The minimum absolute atomic E-state index is 0.836. The van der Waals surface area contributed by atoms with Crippen molar-refractivity contribution in [1.29, 1.82) is 0 Å². The van der Waals surface area contributed by atoms with Crippen LogP contribution in [0.4, 0.5) is 5.69 Å². The summed E-state index contributed by atoms with van der Waals surface area (Å²) in [5, 5.41) is 3.47. The van der Waals surface area contributed by atoms with Gasteiger partial charge in [-0.3, -0.25) is 0 Å². The maximum atomic E-state index is 5.65. The lowest BCUT2D eigenvalue weighted by atomic mass is 10.1. The zero-order valence-electron chi connectivity index (χ0n) is 11.1. The van der Waals surface area contributed by atoms with E-state index in [2.05, 4.69) is 36.2 Å². The summed E-state index contributed by atoms with van der Waals surface area (Å²) in [5.74, 6) is 0. The Hall–Kier alpha value is -1.06. The average molecular weight is 235 g/mol. The van der Waals surface area contributed by atoms with Crippen molar-refractivity contribution in [2.75, 3.05) is 38.5 Å². The molecule has 0 atom stereocenters. The number of nitrogens with zero attached hydrogens (tertiary/aromatic N) is 1. The number of likely N-dealkylation sites (N-methyl/N-ethyl adjacent to an activating group) is 1. The molecule has 3 heteroatoms. The molecule has 0 aromatic heterocycles. The molecule has 0 fully saturated rings. The summed E-state index contributed by atoms with van der Waals surface area (Å²) in [6.07, 6.45) is 1.07. The quantitative estimate of drug-likeness (QED) is 0.533. The van der Waals surface area contributed by atoms with Crippen LogP contribution in [0.15, 0.2) is 24.3 Å². The highest BCUT2D eigenvalue weighted by atomic mass is 15.1. The van der Waals surface area contributed by atoms with Crippen LogP contribution < -0.4 is 11.1 Å². The second kappa shape index (κ2) is 8.09. The fourth-order valence-electron chi connectivity index (χ4n) is 1.82. The highest BCUT2D eigenvalue weighted by molar-refractivity contribution is 5.39. The number of rotatable bonds is 8. The van der Waals surface area contributed by atoms with Crippen LogP contribution in [0.2, 0.25) is 0 Å². The van der Waals surface area contributed by atoms with Gasteiger partial charge in [-0.1, -0.05) is 26.0 Å². The summed E-state index contributed by atoms with van der Waals surface area (Å²) in [5.41, 5.74) is 7.82. The van der Waals surface area contributed by atoms with Crippen molar-refractivity contribution >= 4 is 5.69 Å². The number of nitrogens with one attached hydrogen (secondary N) is 1. The number of hydrogen-bond donors (Lipinski definition) is 2. The SMILES string of the molecule is CCN(CC)CCNCCc1ccc(N)cc1. The molecule has 0 saturated carbocycles. The van der Waals surface area contributed by atoms with Crippen LogP contribution in [-0.2, 0) is 6.42 Å². The van der Waals surface area contributed by atoms with E-state index < -0.39 is 0 Å². The fraction of sp³-hybridized carbons (Fsp3) is 0.571. The minimum atomic E-state index is 0.836. The van der Waals surface area contributed by atoms with Gasteiger partial charge in [0.25, 0.3) is 0 Å². The first-order valence-electron chi connectivity index (χ1n) is 6.53. The van der Waals surface area contributed by atoms with Gasteiger partial charge in [0.1, 0.15) is 0 Å². The zero-order valence-corrected chi connectivity index (χ0v) is 11.1. The summed E-state index contributed by atoms with van der Waals surface area (Å²) < 4.78 is 0. The molecular formula is C14H25N3. The van der Waals surface area contributed by atoms with Crippen LogP contribution in [0, 0.1) is 0 Å². The first kappa shape index (κ1) is 14.0. The molecule has 1 aromatic carbocycles. The summed E-state index contributed by atoms with van der Waals surface area (Å²) in [6, 6.07) is 8.12. The van der Waals surface area contributed by atoms with Crippen LogP contribution >= 0.6 is 0 Å². The smallest absolute Gasteiger partial charge is 0.0314 e. The molecule has 0 unspecified atom stereocenters. The van der Waals surface area contributed by atoms with E-state index in [1.165, 1.54) is 5.56 Å². The first-order valence-corrected chi connectivity index (χ1v) is 6.53. The van der Waals surface area contributed by atoms with Crippen molar-refractivity contribution < 1.29 is 0 Å². The van der Waals surface area contributed by atoms with E-state index in [1.54, 1.807) is 0 Å². The third-order valence-electron chi connectivity index (χ3n) is 3.07. The van der Waals surface area contributed by atoms with E-state index in [4.69, 9.17) is 5.73 Å². The van der Waals surface area contributed by atoms with E-state index in [0.717, 1.165) is 44.8 Å². The molecule has 3 N–H and O–H groups in total. The van der Waals surface area contributed by atoms with E-state index in [9.17, 15) is 0 Å². The molecule has 3 nitrogen and oxygen atoms in total. The van der Waals surface area contributed by atoms with Gasteiger partial charge in [0.2, 0.25) is 0 Å². The molecule has 0 saturated heterocycles. The van der Waals surface area contributed by atoms with Crippen LogP contribution in [0.5, 0.6) is 0 Å². The van der Waals surface area contributed by atoms with Crippen molar-refractivity contribution in [3.63, 3.8) is 0 Å². The Kier molecular flexibility index (Phi) is 6.67. The lowest BCUT2D eigenvalue weighted by molar-refractivity contribution is 0.303. The highest BCUT2D eigenvalue weighted by Gasteiger charge is 1.97. The maximum Gasteiger partial charge on any atom is 0.0314 e. The van der Waals surface area contributed by atoms with Gasteiger partial charge in [-0.15, -0.1) is 0 Å². The largest absolute Gasteiger partial charge is 0.399 e. The number of nitrogens with two attached hydrogens (primary N) is 1. The van der Waals surface area contributed by atoms with Crippen molar-refractivity contribution in [1.82, 2.24) is 10.2 Å². The Morgan fingerprint density at radius 3 is 2.29 bits per heavy atom. The third kappa shape index (κ3) is 5.71. The molecule has 1 aromatic rings. The standard InChI is InChI=1S/C14H25N3/c1-3-17(4-2)12-11-16-10-9-13-5-7-14(15)8-6-13/h5-8,16H,3-4,9-12,15H2,1-2H3. The van der Waals surface area contributed by atoms with Gasteiger partial charge in [-0.2, -0.15) is 0 Å². The summed E-state index contributed by atoms with van der Waals surface area (Å²) in [4.78, 5) is 2.43. The molecule has 0 aliphatic rings. The van der Waals surface area contributed by atoms with E-state index in [0.29, 0.717) is 0 Å². The molecule has 0 amide bonds. The van der Waals surface area contributed by atoms with Crippen LogP contribution in [0.1, 0.15) is 19.4 Å². The van der Waals surface area contributed by atoms with Gasteiger partial charge in [-0.05, 0) is 43.8 Å². The molecular weight excluding hydrogens is 210 g/mol. The monoisotopic (exact) mass is 235 g/mol. The summed E-state index contributed by atoms with van der Waals surface area (Å²) in [6.45, 7) is 9.92. The Morgan fingerprint density at radius 1 is 1.06 bits per heavy atom. The zero-order chi connectivity index (χ0) is 12.5. The molecule has 17 heavy (non-hydrogen) atoms. The Morgan fingerprint density at radius 2 is 1.71 bits per heavy atom. The van der Waals surface area contributed by atoms with Crippen LogP contribution in [-0.4, -0.2) is 37.6 Å². The Bertz CT molecular complexity index is 291. The Balaban J connectivity index is 2.10. The summed E-state index contributed by atoms with van der Waals surface area (Å²) >= 11 is 0. The van der Waals surface area contributed by atoms with Crippen molar-refractivity contribution in [2.45, 2.75) is 20.3 Å². The summed E-state index contributed by atoms with van der Waals surface area (Å²) in [7, 11) is 0. The highest BCUT2D eigenvalue weighted by Crippen LogP contribution is 2.05. The molecule has 1 rings (SSSR count). The molecule has 0 heterocycles. The van der Waals surface area contributed by atoms with Crippen molar-refractivity contribution in [2.24, 2.45) is 0 Å². The Labute approximate surface area is 105 Å². The van der Waals surface area contributed by atoms with Crippen LogP contribution in [0.3, 0.4) is 0 Å². The molecule has 96 valence electrons. The molecule has 0 spiro atoms. The normalized spacial score (nSPS) is 11.0. The second-order valence-corrected chi connectivity index (χ2v) is 4.27. The van der Waals surface area contributed by atoms with Crippen molar-refractivity contribution in [3.05, 3.63) is 29.8 Å². The fourth-order valence-corrected chi connectivity index (χ4v) is 1.82. The minimum Gasteiger partial charge on any atom is -0.399 e. The molecule has 0 aliphatic carbocycles. The van der Waals surface area contributed by atoms with Crippen LogP contribution in [0.25, 0.3) is 0 Å². The number of hydrogen-bond acceptors (Lipinski definition) is 3. The average Bonchev–Trinajstić information content (AvgIpc) is 2.36. The lowest BCUT2D eigenvalue weighted by Gasteiger charge is -2.17. The van der Waals surface area contributed by atoms with Crippen molar-refractivity contribution in [3.8, 4) is 0 Å². The number of nitrogen functional groups attached to an aromatic ring is 1. The number of anilines is 1. The van der Waals surface area contributed by atoms with Gasteiger partial charge in [0.05, 0.1) is 0 Å². The molecule has 0 aliphatic heterocycles. The predicted molar refractivity (Wildman–Crippen MR) is 75.2 cm³/mol. The van der Waals surface area contributed by atoms with Gasteiger partial charge >= 0.3 is 0 Å². The second-order valence-electron chi connectivity index (χ2n) is 4.27.